The number of nitrogens with two attached hydrogens (primary N) is 2. The molecule has 1 unspecified atom stereocenters. The molecule has 6 aliphatic carbocycles. The number of fused-ring (bicyclic) bond motifs is 9. The number of aliphatic hydroxyl groups is 1. The highest BCUT2D eigenvalue weighted by molar-refractivity contribution is 5.78. The summed E-state index contributed by atoms with van der Waals surface area (Å²) in [5.41, 5.74) is 20.9. The van der Waals surface area contributed by atoms with E-state index >= 15 is 0 Å². The smallest absolute Gasteiger partial charge is 0.252 e. The van der Waals surface area contributed by atoms with Gasteiger partial charge in [-0.1, -0.05) is 0 Å². The summed E-state index contributed by atoms with van der Waals surface area (Å²) in [6.45, 7) is 10.3. The number of piperidine rings is 1. The Hall–Kier alpha value is -8.95. The van der Waals surface area contributed by atoms with Crippen LogP contribution in [0.4, 0.5) is 0 Å². The van der Waals surface area contributed by atoms with Crippen LogP contribution in [0.1, 0.15) is 162 Å². The molecule has 9 aromatic rings. The summed E-state index contributed by atoms with van der Waals surface area (Å²) < 4.78 is 27.8. The maximum Gasteiger partial charge on any atom is 0.252 e. The predicted molar refractivity (Wildman–Crippen MR) is 406 cm³/mol. The van der Waals surface area contributed by atoms with Gasteiger partial charge in [-0.15, -0.1) is 0 Å². The molecule has 1 saturated heterocycles. The number of hydrogen-bond acceptors (Lipinski definition) is 19. The van der Waals surface area contributed by atoms with Crippen molar-refractivity contribution in [2.45, 2.75) is 221 Å². The van der Waals surface area contributed by atoms with Gasteiger partial charge in [-0.2, -0.15) is 0 Å². The summed E-state index contributed by atoms with van der Waals surface area (Å²) in [6.07, 6.45) is 23.9. The van der Waals surface area contributed by atoms with Crippen LogP contribution in [0.15, 0.2) is 138 Å². The van der Waals surface area contributed by atoms with Crippen molar-refractivity contribution in [3.8, 4) is 17.2 Å². The summed E-state index contributed by atoms with van der Waals surface area (Å²) in [7, 11) is 0. The summed E-state index contributed by atoms with van der Waals surface area (Å²) in [5.74, 6) is 2.74. The average molecular weight is 1450 g/mol. The molecule has 13 aliphatic rings. The molecule has 4 bridgehead atoms. The lowest BCUT2D eigenvalue weighted by Gasteiger charge is -2.62. The van der Waals surface area contributed by atoms with Crippen LogP contribution in [0.2, 0.25) is 0 Å². The third kappa shape index (κ3) is 12.7. The number of nitrogens with zero attached hydrogens (tertiary/aromatic N) is 10. The van der Waals surface area contributed by atoms with Gasteiger partial charge in [0.05, 0.1) is 79.2 Å². The SMILES string of the molecule is C[C@]1(O)CC2(NCc3cc4c(cn3)OCCC4)CCC1(C[C@@H]1Cn3c(=O)ccc4ccc(=O)n1c43)CC2.N[C@H]1CC2(C[C@@H]3Cn4c(=O)ccc5ccc(=O)n3c54)CCC1(NCc1cc3c(cn1)OCCC3)CC2.N[C@H]1CN(C[C@@H]2Cn3c(=O)ccc4ccc(=O)n2c43)CCC1NCc1cc2c(cn1)OCCC2. The van der Waals surface area contributed by atoms with Gasteiger partial charge in [0.1, 0.15) is 34.2 Å². The Balaban J connectivity index is 0.000000114. The van der Waals surface area contributed by atoms with Crippen molar-refractivity contribution in [1.82, 2.24) is 63.2 Å². The van der Waals surface area contributed by atoms with Crippen LogP contribution in [-0.2, 0) is 58.5 Å². The lowest BCUT2D eigenvalue weighted by molar-refractivity contribution is -0.174. The van der Waals surface area contributed by atoms with Crippen LogP contribution in [0, 0.1) is 10.8 Å². The minimum atomic E-state index is -0.870. The first-order valence-electron chi connectivity index (χ1n) is 39.1. The number of aromatic nitrogens is 9. The minimum absolute atomic E-state index is 0.00368. The van der Waals surface area contributed by atoms with E-state index in [-0.39, 0.29) is 91.5 Å². The first-order valence-corrected chi connectivity index (χ1v) is 39.1. The number of pyridine rings is 9. The first kappa shape index (κ1) is 69.8. The fourth-order valence-electron chi connectivity index (χ4n) is 21.1. The number of aryl methyl sites for hydroxylation is 3. The van der Waals surface area contributed by atoms with Gasteiger partial charge in [-0.3, -0.25) is 76.0 Å². The van der Waals surface area contributed by atoms with Crippen LogP contribution in [0.3, 0.4) is 0 Å². The molecule has 22 rings (SSSR count). The number of likely N-dealkylation sites (tertiary alicyclic amines) is 1. The van der Waals surface area contributed by atoms with Crippen molar-refractivity contribution in [1.29, 1.82) is 0 Å². The largest absolute Gasteiger partial charge is 0.492 e. The van der Waals surface area contributed by atoms with Crippen molar-refractivity contribution in [3.63, 3.8) is 0 Å². The zero-order valence-corrected chi connectivity index (χ0v) is 61.0. The molecule has 107 heavy (non-hydrogen) atoms. The van der Waals surface area contributed by atoms with Gasteiger partial charge in [0, 0.05) is 140 Å². The molecule has 0 aromatic carbocycles. The van der Waals surface area contributed by atoms with Crippen LogP contribution in [0.25, 0.3) is 33.1 Å². The van der Waals surface area contributed by atoms with Gasteiger partial charge < -0.3 is 46.7 Å². The molecular weight excluding hydrogens is 1350 g/mol. The summed E-state index contributed by atoms with van der Waals surface area (Å²) in [6, 6.07) is 27.0. The standard InChI is InChI=1S/C29H34N4O4.C28H33N5O3.C25H30N6O3/c1-27(36)18-29(31-15-21-13-20-3-2-12-37-23(20)16-30-21)10-8-28(27,9-11-29)14-22-17-32-24(34)6-4-19-5-7-25(35)33(22)26(19)32;29-23-14-27(13-21-17-32-24(34)5-3-18-4-6-25(35)33(21)26(18)32)7-9-28(23,10-8-27)31-15-20-12-19-2-1-11-36-22(19)16-30-20;26-20-15-29(8-7-21(20)28-11-18-10-17-2-1-9-34-22(17)12-27-18)13-19-14-30-23(32)5-3-16-4-6-24(33)31(19)25(16)30/h4-7,13,16,22,31,36H,2-3,8-12,14-15,17-18H2,1H3;3-6,12,16,21,23,31H,1-2,7-11,13-15,17,29H2;3-6,10,12,19-21,28H,1-2,7-9,11,13-15,26H2/t22-,27+,28?,29?;21-,23+,27?,28?;19-,20+,21?/m111/s1. The topological polar surface area (TPSA) is 310 Å². The Kier molecular flexibility index (Phi) is 17.8. The van der Waals surface area contributed by atoms with Crippen molar-refractivity contribution < 1.29 is 19.3 Å². The van der Waals surface area contributed by atoms with Gasteiger partial charge >= 0.3 is 0 Å². The van der Waals surface area contributed by atoms with Gasteiger partial charge in [-0.25, -0.2) is 0 Å². The Morgan fingerprint density at radius 2 is 0.953 bits per heavy atom. The molecule has 0 spiro atoms. The van der Waals surface area contributed by atoms with E-state index in [1.807, 2.05) is 46.8 Å². The maximum atomic E-state index is 12.9. The van der Waals surface area contributed by atoms with Gasteiger partial charge in [0.15, 0.2) is 0 Å². The number of nitrogens with one attached hydrogen (secondary N) is 3. The average Bonchev–Trinajstić information content (AvgIpc) is 1.70. The number of hydrogen-bond donors (Lipinski definition) is 6. The van der Waals surface area contributed by atoms with E-state index in [2.05, 4.69) is 54.0 Å². The number of ether oxygens (including phenoxy) is 3. The molecule has 25 heteroatoms. The molecule has 25 nitrogen and oxygen atoms in total. The van der Waals surface area contributed by atoms with E-state index in [9.17, 15) is 33.9 Å². The minimum Gasteiger partial charge on any atom is -0.492 e. The van der Waals surface area contributed by atoms with Crippen LogP contribution in [0.5, 0.6) is 17.2 Å². The Labute approximate surface area is 618 Å². The monoisotopic (exact) mass is 1450 g/mol. The van der Waals surface area contributed by atoms with E-state index in [1.165, 1.54) is 16.7 Å². The van der Waals surface area contributed by atoms with Crippen LogP contribution >= 0.6 is 0 Å². The molecule has 7 aliphatic heterocycles. The molecule has 0 amide bonds. The second-order valence-electron chi connectivity index (χ2n) is 33.3. The molecule has 7 atom stereocenters. The zero-order chi connectivity index (χ0) is 73.1. The molecule has 7 fully saturated rings. The predicted octanol–water partition coefficient (Wildman–Crippen LogP) is 6.35. The highest BCUT2D eigenvalue weighted by Gasteiger charge is 2.61. The molecule has 8 N–H and O–H groups in total. The van der Waals surface area contributed by atoms with Gasteiger partial charge in [-0.05, 0) is 212 Å². The second kappa shape index (κ2) is 27.3. The van der Waals surface area contributed by atoms with Crippen molar-refractivity contribution in [3.05, 3.63) is 205 Å². The molecule has 9 aromatic heterocycles. The quantitative estimate of drug-likeness (QED) is 0.0651. The summed E-state index contributed by atoms with van der Waals surface area (Å²) >= 11 is 0. The van der Waals surface area contributed by atoms with E-state index in [0.29, 0.717) is 64.3 Å². The molecule has 560 valence electrons. The van der Waals surface area contributed by atoms with E-state index in [0.717, 1.165) is 204 Å². The van der Waals surface area contributed by atoms with Gasteiger partial charge in [0.25, 0.3) is 33.4 Å². The third-order valence-electron chi connectivity index (χ3n) is 26.9. The fraction of sp³-hybridized carbons (Fsp3) is 0.524. The number of rotatable bonds is 15. The normalized spacial score (nSPS) is 28.9. The maximum absolute atomic E-state index is 12.9. The van der Waals surface area contributed by atoms with Crippen molar-refractivity contribution in [2.75, 3.05) is 39.5 Å². The fourth-order valence-corrected chi connectivity index (χ4v) is 21.1. The Morgan fingerprint density at radius 3 is 1.42 bits per heavy atom. The van der Waals surface area contributed by atoms with E-state index < -0.39 is 5.60 Å². The summed E-state index contributed by atoms with van der Waals surface area (Å²) in [4.78, 5) is 92.2. The lowest BCUT2D eigenvalue weighted by Crippen LogP contribution is -2.66. The second-order valence-corrected chi connectivity index (χ2v) is 33.3. The van der Waals surface area contributed by atoms with Crippen molar-refractivity contribution >= 4 is 33.1 Å². The highest BCUT2D eigenvalue weighted by atomic mass is 16.5. The van der Waals surface area contributed by atoms with Crippen LogP contribution < -0.4 is 75.0 Å². The Bertz CT molecular complexity index is 5350. The first-order chi connectivity index (χ1) is 51.8. The lowest BCUT2D eigenvalue weighted by atomic mass is 9.48. The van der Waals surface area contributed by atoms with Crippen LogP contribution in [-0.4, -0.2) is 127 Å². The molecule has 6 saturated carbocycles. The highest BCUT2D eigenvalue weighted by Crippen LogP contribution is 2.61. The molecular formula is C82H97N15O10. The molecule has 0 radical (unpaired) electrons. The van der Waals surface area contributed by atoms with E-state index in [4.69, 9.17) is 25.7 Å². The third-order valence-corrected chi connectivity index (χ3v) is 26.9. The summed E-state index contributed by atoms with van der Waals surface area (Å²) in [5, 5.41) is 25.9. The zero-order valence-electron chi connectivity index (χ0n) is 61.0. The van der Waals surface area contributed by atoms with Crippen molar-refractivity contribution in [2.24, 2.45) is 22.3 Å². The van der Waals surface area contributed by atoms with E-state index in [1.54, 1.807) is 78.9 Å². The van der Waals surface area contributed by atoms with Gasteiger partial charge in [0.2, 0.25) is 0 Å². The Morgan fingerprint density at radius 1 is 0.514 bits per heavy atom. The molecule has 16 heterocycles.